The molecule has 6 nitrogen and oxygen atoms in total. The molecule has 0 aliphatic carbocycles. The molecule has 7 heteroatoms. The second-order valence-electron chi connectivity index (χ2n) is 5.26. The Morgan fingerprint density at radius 2 is 2.09 bits per heavy atom. The van der Waals surface area contributed by atoms with Crippen LogP contribution in [-0.2, 0) is 14.8 Å². The van der Waals surface area contributed by atoms with E-state index in [1.54, 1.807) is 12.1 Å². The van der Waals surface area contributed by atoms with Gasteiger partial charge in [-0.05, 0) is 44.0 Å². The van der Waals surface area contributed by atoms with E-state index >= 15 is 0 Å². The zero-order valence-corrected chi connectivity index (χ0v) is 13.3. The predicted octanol–water partition coefficient (Wildman–Crippen LogP) is 1.08. The van der Waals surface area contributed by atoms with Crippen molar-refractivity contribution >= 4 is 10.0 Å². The van der Waals surface area contributed by atoms with Gasteiger partial charge in [-0.1, -0.05) is 6.07 Å². The van der Waals surface area contributed by atoms with E-state index in [9.17, 15) is 8.42 Å². The zero-order valence-electron chi connectivity index (χ0n) is 12.4. The van der Waals surface area contributed by atoms with Crippen molar-refractivity contribution in [2.45, 2.75) is 30.3 Å². The highest BCUT2D eigenvalue weighted by molar-refractivity contribution is 7.89. The highest BCUT2D eigenvalue weighted by Crippen LogP contribution is 2.22. The van der Waals surface area contributed by atoms with Crippen molar-refractivity contribution in [1.29, 1.82) is 5.26 Å². The minimum atomic E-state index is -3.54. The standard InChI is InChI=1S/C15H21N3O3S/c16-7-2-10-21-14-5-8-18(9-6-14)22(19,20)15-4-1-3-13(11-15)12-17/h1,3-4,11,14H,2,5-10,16H2. The van der Waals surface area contributed by atoms with Crippen LogP contribution in [0.15, 0.2) is 29.2 Å². The van der Waals surface area contributed by atoms with Crippen LogP contribution in [0.2, 0.25) is 0 Å². The van der Waals surface area contributed by atoms with E-state index in [1.165, 1.54) is 16.4 Å². The van der Waals surface area contributed by atoms with Gasteiger partial charge in [0.25, 0.3) is 0 Å². The number of nitrogens with two attached hydrogens (primary N) is 1. The highest BCUT2D eigenvalue weighted by Gasteiger charge is 2.29. The first-order valence-corrected chi connectivity index (χ1v) is 8.84. The molecule has 2 N–H and O–H groups in total. The lowest BCUT2D eigenvalue weighted by Gasteiger charge is -2.31. The molecule has 2 rings (SSSR count). The first kappa shape index (κ1) is 16.9. The normalized spacial score (nSPS) is 17.3. The van der Waals surface area contributed by atoms with Crippen molar-refractivity contribution in [3.8, 4) is 6.07 Å². The Balaban J connectivity index is 1.99. The van der Waals surface area contributed by atoms with Crippen molar-refractivity contribution < 1.29 is 13.2 Å². The molecule has 1 aromatic carbocycles. The van der Waals surface area contributed by atoms with Crippen LogP contribution in [0.3, 0.4) is 0 Å². The first-order chi connectivity index (χ1) is 10.6. The number of nitriles is 1. The number of rotatable bonds is 6. The van der Waals surface area contributed by atoms with Gasteiger partial charge in [-0.3, -0.25) is 0 Å². The van der Waals surface area contributed by atoms with Crippen LogP contribution >= 0.6 is 0 Å². The summed E-state index contributed by atoms with van der Waals surface area (Å²) in [6.45, 7) is 2.10. The largest absolute Gasteiger partial charge is 0.378 e. The van der Waals surface area contributed by atoms with Gasteiger partial charge >= 0.3 is 0 Å². The zero-order chi connectivity index (χ0) is 16.0. The summed E-state index contributed by atoms with van der Waals surface area (Å²) in [5, 5.41) is 8.89. The Morgan fingerprint density at radius 1 is 1.36 bits per heavy atom. The van der Waals surface area contributed by atoms with Crippen molar-refractivity contribution in [2.75, 3.05) is 26.2 Å². The molecule has 0 amide bonds. The summed E-state index contributed by atoms with van der Waals surface area (Å²) in [6.07, 6.45) is 2.28. The lowest BCUT2D eigenvalue weighted by atomic mass is 10.1. The maximum absolute atomic E-state index is 12.6. The molecule has 0 aromatic heterocycles. The van der Waals surface area contributed by atoms with Gasteiger partial charge in [0.2, 0.25) is 10.0 Å². The summed E-state index contributed by atoms with van der Waals surface area (Å²) < 4.78 is 32.3. The quantitative estimate of drug-likeness (QED) is 0.790. The third-order valence-electron chi connectivity index (χ3n) is 3.70. The molecule has 0 bridgehead atoms. The van der Waals surface area contributed by atoms with Gasteiger partial charge in [-0.25, -0.2) is 8.42 Å². The molecule has 0 radical (unpaired) electrons. The lowest BCUT2D eigenvalue weighted by molar-refractivity contribution is 0.0209. The monoisotopic (exact) mass is 323 g/mol. The van der Waals surface area contributed by atoms with Crippen LogP contribution in [0.5, 0.6) is 0 Å². The fraction of sp³-hybridized carbons (Fsp3) is 0.533. The van der Waals surface area contributed by atoms with E-state index in [0.29, 0.717) is 44.6 Å². The molecule has 1 aliphatic rings. The fourth-order valence-corrected chi connectivity index (χ4v) is 3.96. The number of nitrogens with zero attached hydrogens (tertiary/aromatic N) is 2. The summed E-state index contributed by atoms with van der Waals surface area (Å²) >= 11 is 0. The molecule has 0 unspecified atom stereocenters. The van der Waals surface area contributed by atoms with Crippen molar-refractivity contribution in [3.05, 3.63) is 29.8 Å². The lowest BCUT2D eigenvalue weighted by Crippen LogP contribution is -2.41. The third-order valence-corrected chi connectivity index (χ3v) is 5.60. The maximum Gasteiger partial charge on any atom is 0.243 e. The number of benzene rings is 1. The Labute approximate surface area is 131 Å². The van der Waals surface area contributed by atoms with Gasteiger partial charge in [-0.15, -0.1) is 0 Å². The molecular weight excluding hydrogens is 302 g/mol. The van der Waals surface area contributed by atoms with Gasteiger partial charge in [-0.2, -0.15) is 9.57 Å². The van der Waals surface area contributed by atoms with Crippen LogP contribution in [-0.4, -0.2) is 45.1 Å². The van der Waals surface area contributed by atoms with Crippen molar-refractivity contribution in [2.24, 2.45) is 5.73 Å². The second kappa shape index (κ2) is 7.70. The minimum absolute atomic E-state index is 0.100. The Hall–Kier alpha value is -1.46. The summed E-state index contributed by atoms with van der Waals surface area (Å²) in [4.78, 5) is 0.175. The Kier molecular flexibility index (Phi) is 5.91. The molecule has 22 heavy (non-hydrogen) atoms. The minimum Gasteiger partial charge on any atom is -0.378 e. The molecule has 0 saturated carbocycles. The van der Waals surface area contributed by atoms with Gasteiger partial charge in [0, 0.05) is 19.7 Å². The number of piperidine rings is 1. The maximum atomic E-state index is 12.6. The number of ether oxygens (including phenoxy) is 1. The fourth-order valence-electron chi connectivity index (χ4n) is 2.45. The number of hydrogen-bond acceptors (Lipinski definition) is 5. The average Bonchev–Trinajstić information content (AvgIpc) is 2.55. The van der Waals surface area contributed by atoms with E-state index in [2.05, 4.69) is 0 Å². The van der Waals surface area contributed by atoms with Crippen LogP contribution in [0.1, 0.15) is 24.8 Å². The molecule has 1 fully saturated rings. The van der Waals surface area contributed by atoms with Crippen LogP contribution < -0.4 is 5.73 Å². The van der Waals surface area contributed by atoms with Gasteiger partial charge in [0.15, 0.2) is 0 Å². The van der Waals surface area contributed by atoms with E-state index in [0.717, 1.165) is 6.42 Å². The van der Waals surface area contributed by atoms with Gasteiger partial charge in [0.05, 0.1) is 22.6 Å². The van der Waals surface area contributed by atoms with E-state index in [4.69, 9.17) is 15.7 Å². The summed E-state index contributed by atoms with van der Waals surface area (Å²) in [7, 11) is -3.54. The smallest absolute Gasteiger partial charge is 0.243 e. The number of hydrogen-bond donors (Lipinski definition) is 1. The Bertz CT molecular complexity index is 632. The number of sulfonamides is 1. The summed E-state index contributed by atoms with van der Waals surface area (Å²) in [5.74, 6) is 0. The van der Waals surface area contributed by atoms with Gasteiger partial charge in [0.1, 0.15) is 0 Å². The average molecular weight is 323 g/mol. The van der Waals surface area contributed by atoms with E-state index < -0.39 is 10.0 Å². The SMILES string of the molecule is N#Cc1cccc(S(=O)(=O)N2CCC(OCCCN)CC2)c1. The Morgan fingerprint density at radius 3 is 2.73 bits per heavy atom. The van der Waals surface area contributed by atoms with Crippen LogP contribution in [0.4, 0.5) is 0 Å². The topological polar surface area (TPSA) is 96.4 Å². The van der Waals surface area contributed by atoms with Gasteiger partial charge < -0.3 is 10.5 Å². The van der Waals surface area contributed by atoms with E-state index in [1.807, 2.05) is 6.07 Å². The third kappa shape index (κ3) is 4.05. The molecule has 120 valence electrons. The molecule has 1 heterocycles. The predicted molar refractivity (Wildman–Crippen MR) is 82.6 cm³/mol. The van der Waals surface area contributed by atoms with Crippen molar-refractivity contribution in [1.82, 2.24) is 4.31 Å². The molecule has 0 atom stereocenters. The molecule has 1 saturated heterocycles. The summed E-state index contributed by atoms with van der Waals surface area (Å²) in [6, 6.07) is 8.09. The van der Waals surface area contributed by atoms with Crippen LogP contribution in [0.25, 0.3) is 0 Å². The molecule has 0 spiro atoms. The molecular formula is C15H21N3O3S. The molecule has 1 aliphatic heterocycles. The molecule has 1 aromatic rings. The highest BCUT2D eigenvalue weighted by atomic mass is 32.2. The van der Waals surface area contributed by atoms with E-state index in [-0.39, 0.29) is 11.0 Å². The van der Waals surface area contributed by atoms with Crippen molar-refractivity contribution in [3.63, 3.8) is 0 Å². The first-order valence-electron chi connectivity index (χ1n) is 7.40. The summed E-state index contributed by atoms with van der Waals surface area (Å²) in [5.41, 5.74) is 5.77. The van der Waals surface area contributed by atoms with Crippen LogP contribution in [0, 0.1) is 11.3 Å². The second-order valence-corrected chi connectivity index (χ2v) is 7.19.